The molecule has 26 heavy (non-hydrogen) atoms. The van der Waals surface area contributed by atoms with Gasteiger partial charge in [-0.2, -0.15) is 0 Å². The van der Waals surface area contributed by atoms with Gasteiger partial charge in [-0.05, 0) is 30.6 Å². The van der Waals surface area contributed by atoms with E-state index in [0.29, 0.717) is 17.8 Å². The first-order valence-electron chi connectivity index (χ1n) is 10.3. The van der Waals surface area contributed by atoms with Gasteiger partial charge in [0.05, 0.1) is 18.3 Å². The summed E-state index contributed by atoms with van der Waals surface area (Å²) in [7, 11) is 0. The lowest BCUT2D eigenvalue weighted by molar-refractivity contribution is -0.319. The highest BCUT2D eigenvalue weighted by atomic mass is 16.7. The molecule has 10 atom stereocenters. The van der Waals surface area contributed by atoms with Crippen LogP contribution in [0.1, 0.15) is 68.2 Å². The summed E-state index contributed by atoms with van der Waals surface area (Å²) in [6.45, 7) is 16.7. The van der Waals surface area contributed by atoms with Crippen molar-refractivity contribution in [3.8, 4) is 0 Å². The van der Waals surface area contributed by atoms with Crippen LogP contribution in [0.25, 0.3) is 0 Å². The van der Waals surface area contributed by atoms with E-state index in [-0.39, 0.29) is 42.4 Å². The Hall–Kier alpha value is -0.650. The highest BCUT2D eigenvalue weighted by Crippen LogP contribution is 2.40. The summed E-state index contributed by atoms with van der Waals surface area (Å²) in [5.41, 5.74) is 0. The van der Waals surface area contributed by atoms with Gasteiger partial charge in [0.25, 0.3) is 0 Å². The van der Waals surface area contributed by atoms with Crippen molar-refractivity contribution in [2.24, 2.45) is 29.6 Å². The quantitative estimate of drug-likeness (QED) is 0.672. The van der Waals surface area contributed by atoms with Crippen molar-refractivity contribution in [2.45, 2.75) is 99.1 Å². The van der Waals surface area contributed by atoms with Crippen LogP contribution in [0, 0.1) is 29.6 Å². The summed E-state index contributed by atoms with van der Waals surface area (Å²) in [5.74, 6) is 1.39. The maximum atomic E-state index is 11.4. The predicted molar refractivity (Wildman–Crippen MR) is 100 cm³/mol. The second-order valence-electron chi connectivity index (χ2n) is 8.41. The van der Waals surface area contributed by atoms with E-state index in [1.807, 2.05) is 0 Å². The number of ether oxygens (including phenoxy) is 4. The van der Waals surface area contributed by atoms with Crippen LogP contribution in [0.5, 0.6) is 0 Å². The van der Waals surface area contributed by atoms with Crippen LogP contribution < -0.4 is 0 Å². The van der Waals surface area contributed by atoms with Crippen molar-refractivity contribution < 1.29 is 23.7 Å². The Morgan fingerprint density at radius 1 is 0.769 bits per heavy atom. The molecule has 0 saturated carbocycles. The zero-order valence-corrected chi connectivity index (χ0v) is 17.7. The minimum atomic E-state index is -0.501. The Morgan fingerprint density at radius 3 is 1.85 bits per heavy atom. The minimum Gasteiger partial charge on any atom is -0.436 e. The van der Waals surface area contributed by atoms with Gasteiger partial charge >= 0.3 is 5.97 Å². The lowest BCUT2D eigenvalue weighted by Gasteiger charge is -2.48. The third kappa shape index (κ3) is 4.42. The van der Waals surface area contributed by atoms with Crippen molar-refractivity contribution in [3.05, 3.63) is 0 Å². The SMILES string of the molecule is CCC1O[C@@H](O[C@H]2C(C)C(C)[C@H](OC(C)=O)O[C@H]2CC)C(C)[C@@H](C)[C@H]1C. The van der Waals surface area contributed by atoms with Gasteiger partial charge in [-0.15, -0.1) is 0 Å². The highest BCUT2D eigenvalue weighted by Gasteiger charge is 2.46. The molecule has 2 rings (SSSR count). The Labute approximate surface area is 159 Å². The van der Waals surface area contributed by atoms with Crippen LogP contribution in [0.3, 0.4) is 0 Å². The van der Waals surface area contributed by atoms with E-state index in [1.54, 1.807) is 0 Å². The molecule has 0 aromatic heterocycles. The summed E-state index contributed by atoms with van der Waals surface area (Å²) in [4.78, 5) is 11.4. The fraction of sp³-hybridized carbons (Fsp3) is 0.952. The van der Waals surface area contributed by atoms with Gasteiger partial charge in [-0.3, -0.25) is 4.79 Å². The molecule has 5 nitrogen and oxygen atoms in total. The molecule has 0 aliphatic carbocycles. The largest absolute Gasteiger partial charge is 0.436 e. The zero-order chi connectivity index (χ0) is 19.6. The summed E-state index contributed by atoms with van der Waals surface area (Å²) in [5, 5.41) is 0. The second-order valence-corrected chi connectivity index (χ2v) is 8.41. The maximum absolute atomic E-state index is 11.4. The number of hydrogen-bond acceptors (Lipinski definition) is 5. The van der Waals surface area contributed by atoms with Gasteiger partial charge in [-0.1, -0.05) is 48.5 Å². The smallest absolute Gasteiger partial charge is 0.304 e. The summed E-state index contributed by atoms with van der Waals surface area (Å²) in [6.07, 6.45) is 1.16. The van der Waals surface area contributed by atoms with E-state index in [0.717, 1.165) is 12.8 Å². The lowest BCUT2D eigenvalue weighted by atomic mass is 9.78. The summed E-state index contributed by atoms with van der Waals surface area (Å²) < 4.78 is 24.4. The van der Waals surface area contributed by atoms with E-state index in [2.05, 4.69) is 48.5 Å². The van der Waals surface area contributed by atoms with Crippen LogP contribution in [0.4, 0.5) is 0 Å². The van der Waals surface area contributed by atoms with Gasteiger partial charge in [-0.25, -0.2) is 0 Å². The molecular formula is C21H38O5. The second kappa shape index (κ2) is 9.03. The monoisotopic (exact) mass is 370 g/mol. The first kappa shape index (κ1) is 21.6. The van der Waals surface area contributed by atoms with Crippen LogP contribution >= 0.6 is 0 Å². The fourth-order valence-electron chi connectivity index (χ4n) is 4.36. The first-order chi connectivity index (χ1) is 12.2. The summed E-state index contributed by atoms with van der Waals surface area (Å²) in [6, 6.07) is 0. The standard InChI is InChI=1S/C21H38O5/c1-9-17-12(4)11(3)14(6)21(24-17)26-19-13(5)15(7)20(23-16(8)22)25-18(19)10-2/h11-15,17-21H,9-10H2,1-8H3/t11-,12+,13?,14?,15?,17?,18-,19-,20+,21-/m0/s1. The molecule has 2 fully saturated rings. The van der Waals surface area contributed by atoms with E-state index in [9.17, 15) is 4.79 Å². The van der Waals surface area contributed by atoms with Crippen molar-refractivity contribution in [2.75, 3.05) is 0 Å². The van der Waals surface area contributed by atoms with E-state index >= 15 is 0 Å². The van der Waals surface area contributed by atoms with Gasteiger partial charge in [0.2, 0.25) is 6.29 Å². The van der Waals surface area contributed by atoms with Crippen molar-refractivity contribution in [3.63, 3.8) is 0 Å². The van der Waals surface area contributed by atoms with E-state index < -0.39 is 6.29 Å². The zero-order valence-electron chi connectivity index (χ0n) is 17.7. The van der Waals surface area contributed by atoms with Crippen LogP contribution in [-0.4, -0.2) is 36.9 Å². The van der Waals surface area contributed by atoms with E-state index in [4.69, 9.17) is 18.9 Å². The molecule has 0 radical (unpaired) electrons. The number of hydrogen-bond donors (Lipinski definition) is 0. The molecule has 2 heterocycles. The summed E-state index contributed by atoms with van der Waals surface area (Å²) >= 11 is 0. The lowest BCUT2D eigenvalue weighted by Crippen LogP contribution is -2.55. The number of rotatable bonds is 5. The van der Waals surface area contributed by atoms with Gasteiger partial charge in [0, 0.05) is 18.8 Å². The van der Waals surface area contributed by atoms with Crippen LogP contribution in [0.2, 0.25) is 0 Å². The molecule has 0 N–H and O–H groups in total. The minimum absolute atomic E-state index is 0.0626. The molecule has 0 aromatic carbocycles. The molecule has 4 unspecified atom stereocenters. The molecule has 0 aromatic rings. The fourth-order valence-corrected chi connectivity index (χ4v) is 4.36. The molecule has 5 heteroatoms. The number of esters is 1. The Bertz CT molecular complexity index is 463. The average molecular weight is 371 g/mol. The maximum Gasteiger partial charge on any atom is 0.304 e. The van der Waals surface area contributed by atoms with E-state index in [1.165, 1.54) is 6.92 Å². The van der Waals surface area contributed by atoms with Crippen LogP contribution in [0.15, 0.2) is 0 Å². The van der Waals surface area contributed by atoms with Gasteiger partial charge in [0.15, 0.2) is 6.29 Å². The molecule has 2 aliphatic rings. The molecule has 0 spiro atoms. The third-order valence-electron chi connectivity index (χ3n) is 6.81. The third-order valence-corrected chi connectivity index (χ3v) is 6.81. The Balaban J connectivity index is 2.12. The molecule has 0 amide bonds. The Kier molecular flexibility index (Phi) is 7.52. The predicted octanol–water partition coefficient (Wildman–Crippen LogP) is 4.39. The molecule has 152 valence electrons. The van der Waals surface area contributed by atoms with Crippen molar-refractivity contribution in [1.29, 1.82) is 0 Å². The number of carbonyl (C=O) groups excluding carboxylic acids is 1. The van der Waals surface area contributed by atoms with Crippen molar-refractivity contribution >= 4 is 5.97 Å². The molecule has 0 bridgehead atoms. The first-order valence-corrected chi connectivity index (χ1v) is 10.3. The van der Waals surface area contributed by atoms with Gasteiger partial charge in [0.1, 0.15) is 0 Å². The normalized spacial score (nSPS) is 46.8. The molecular weight excluding hydrogens is 332 g/mol. The van der Waals surface area contributed by atoms with Gasteiger partial charge < -0.3 is 18.9 Å². The number of carbonyl (C=O) groups is 1. The average Bonchev–Trinajstić information content (AvgIpc) is 2.60. The van der Waals surface area contributed by atoms with Crippen LogP contribution in [-0.2, 0) is 23.7 Å². The van der Waals surface area contributed by atoms with Crippen molar-refractivity contribution in [1.82, 2.24) is 0 Å². The Morgan fingerprint density at radius 2 is 1.31 bits per heavy atom. The molecule has 2 aliphatic heterocycles. The highest BCUT2D eigenvalue weighted by molar-refractivity contribution is 5.66. The molecule has 2 saturated heterocycles. The topological polar surface area (TPSA) is 54.0 Å².